The van der Waals surface area contributed by atoms with Gasteiger partial charge in [0.05, 0.1) is 10.0 Å². The molecule has 0 aliphatic carbocycles. The monoisotopic (exact) mass is 321 g/mol. The van der Waals surface area contributed by atoms with E-state index in [1.165, 1.54) is 16.7 Å². The van der Waals surface area contributed by atoms with Crippen molar-refractivity contribution in [2.24, 2.45) is 0 Å². The molecule has 2 aromatic carbocycles. The van der Waals surface area contributed by atoms with Gasteiger partial charge < -0.3 is 5.32 Å². The summed E-state index contributed by atoms with van der Waals surface area (Å²) in [6, 6.07) is 12.9. The Kier molecular flexibility index (Phi) is 5.32. The number of aryl methyl sites for hydroxylation is 2. The van der Waals surface area contributed by atoms with Gasteiger partial charge in [-0.15, -0.1) is 0 Å². The Hall–Kier alpha value is -1.02. The maximum atomic E-state index is 6.09. The lowest BCUT2D eigenvalue weighted by molar-refractivity contribution is 0.494. The average Bonchev–Trinajstić information content (AvgIpc) is 2.40. The zero-order chi connectivity index (χ0) is 15.6. The van der Waals surface area contributed by atoms with Crippen molar-refractivity contribution in [2.75, 3.05) is 0 Å². The Balaban J connectivity index is 2.14. The van der Waals surface area contributed by atoms with Crippen LogP contribution in [0.15, 0.2) is 36.4 Å². The number of rotatable bonds is 4. The smallest absolute Gasteiger partial charge is 0.0595 e. The maximum Gasteiger partial charge on any atom is 0.0595 e. The van der Waals surface area contributed by atoms with Crippen LogP contribution in [0, 0.1) is 13.8 Å². The summed E-state index contributed by atoms with van der Waals surface area (Å²) in [7, 11) is 0. The zero-order valence-corrected chi connectivity index (χ0v) is 14.4. The van der Waals surface area contributed by atoms with E-state index in [2.05, 4.69) is 51.2 Å². The fourth-order valence-electron chi connectivity index (χ4n) is 2.61. The van der Waals surface area contributed by atoms with Gasteiger partial charge in [-0.05, 0) is 51.0 Å². The summed E-state index contributed by atoms with van der Waals surface area (Å²) in [6.45, 7) is 8.58. The van der Waals surface area contributed by atoms with Gasteiger partial charge in [0.25, 0.3) is 0 Å². The molecule has 1 N–H and O–H groups in total. The molecular formula is C18H21Cl2N. The second-order valence-electron chi connectivity index (χ2n) is 5.70. The second kappa shape index (κ2) is 6.83. The van der Waals surface area contributed by atoms with E-state index in [1.807, 2.05) is 18.2 Å². The highest BCUT2D eigenvalue weighted by atomic mass is 35.5. The molecule has 3 heteroatoms. The second-order valence-corrected chi connectivity index (χ2v) is 6.52. The van der Waals surface area contributed by atoms with Gasteiger partial charge in [0.2, 0.25) is 0 Å². The van der Waals surface area contributed by atoms with Crippen molar-refractivity contribution in [3.8, 4) is 0 Å². The standard InChI is InChI=1S/C18H21Cl2N/c1-11-7-12(2)9-16(8-11)14(4)21-13(3)15-5-6-17(19)18(20)10-15/h5-10,13-14,21H,1-4H3. The summed E-state index contributed by atoms with van der Waals surface area (Å²) in [5.74, 6) is 0. The molecular weight excluding hydrogens is 301 g/mol. The molecule has 0 aliphatic rings. The molecule has 0 aliphatic heterocycles. The summed E-state index contributed by atoms with van der Waals surface area (Å²) in [6.07, 6.45) is 0. The number of nitrogens with one attached hydrogen (secondary N) is 1. The third kappa shape index (κ3) is 4.23. The van der Waals surface area contributed by atoms with Gasteiger partial charge in [-0.2, -0.15) is 0 Å². The molecule has 2 atom stereocenters. The molecule has 0 saturated heterocycles. The SMILES string of the molecule is Cc1cc(C)cc(C(C)NC(C)c2ccc(Cl)c(Cl)c2)c1. The number of hydrogen-bond acceptors (Lipinski definition) is 1. The quantitative estimate of drug-likeness (QED) is 0.725. The summed E-state index contributed by atoms with van der Waals surface area (Å²) >= 11 is 12.1. The molecule has 0 fully saturated rings. The van der Waals surface area contributed by atoms with Gasteiger partial charge in [0.1, 0.15) is 0 Å². The first kappa shape index (κ1) is 16.4. The number of halogens is 2. The van der Waals surface area contributed by atoms with Crippen molar-refractivity contribution >= 4 is 23.2 Å². The molecule has 112 valence electrons. The molecule has 21 heavy (non-hydrogen) atoms. The van der Waals surface area contributed by atoms with Crippen LogP contribution in [0.25, 0.3) is 0 Å². The molecule has 0 amide bonds. The fourth-order valence-corrected chi connectivity index (χ4v) is 2.92. The van der Waals surface area contributed by atoms with Crippen molar-refractivity contribution < 1.29 is 0 Å². The van der Waals surface area contributed by atoms with Crippen LogP contribution in [-0.2, 0) is 0 Å². The summed E-state index contributed by atoms with van der Waals surface area (Å²) in [5.41, 5.74) is 5.03. The van der Waals surface area contributed by atoms with E-state index in [-0.39, 0.29) is 12.1 Å². The minimum atomic E-state index is 0.204. The highest BCUT2D eigenvalue weighted by Crippen LogP contribution is 2.27. The van der Waals surface area contributed by atoms with E-state index < -0.39 is 0 Å². The first-order valence-electron chi connectivity index (χ1n) is 7.16. The lowest BCUT2D eigenvalue weighted by Crippen LogP contribution is -2.22. The first-order chi connectivity index (χ1) is 9.86. The van der Waals surface area contributed by atoms with Gasteiger partial charge in [0, 0.05) is 12.1 Å². The fraction of sp³-hybridized carbons (Fsp3) is 0.333. The van der Waals surface area contributed by atoms with Gasteiger partial charge >= 0.3 is 0 Å². The summed E-state index contributed by atoms with van der Waals surface area (Å²) in [5, 5.41) is 4.80. The minimum Gasteiger partial charge on any atom is -0.304 e. The van der Waals surface area contributed by atoms with E-state index in [9.17, 15) is 0 Å². The molecule has 0 spiro atoms. The van der Waals surface area contributed by atoms with Crippen LogP contribution in [-0.4, -0.2) is 0 Å². The van der Waals surface area contributed by atoms with Crippen LogP contribution in [0.5, 0.6) is 0 Å². The van der Waals surface area contributed by atoms with Crippen molar-refractivity contribution in [2.45, 2.75) is 39.8 Å². The van der Waals surface area contributed by atoms with E-state index in [4.69, 9.17) is 23.2 Å². The molecule has 0 radical (unpaired) electrons. The topological polar surface area (TPSA) is 12.0 Å². The Morgan fingerprint density at radius 3 is 1.90 bits per heavy atom. The van der Waals surface area contributed by atoms with Gasteiger partial charge in [-0.3, -0.25) is 0 Å². The van der Waals surface area contributed by atoms with Crippen LogP contribution in [0.1, 0.15) is 48.2 Å². The van der Waals surface area contributed by atoms with Crippen LogP contribution in [0.3, 0.4) is 0 Å². The van der Waals surface area contributed by atoms with Gasteiger partial charge in [-0.25, -0.2) is 0 Å². The Bertz CT molecular complexity index is 617. The summed E-state index contributed by atoms with van der Waals surface area (Å²) in [4.78, 5) is 0. The minimum absolute atomic E-state index is 0.204. The molecule has 2 rings (SSSR count). The average molecular weight is 322 g/mol. The molecule has 2 unspecified atom stereocenters. The number of hydrogen-bond donors (Lipinski definition) is 1. The highest BCUT2D eigenvalue weighted by molar-refractivity contribution is 6.42. The van der Waals surface area contributed by atoms with E-state index in [0.29, 0.717) is 10.0 Å². The zero-order valence-electron chi connectivity index (χ0n) is 12.9. The maximum absolute atomic E-state index is 6.09. The lowest BCUT2D eigenvalue weighted by atomic mass is 10.0. The Morgan fingerprint density at radius 2 is 1.33 bits per heavy atom. The largest absolute Gasteiger partial charge is 0.304 e. The van der Waals surface area contributed by atoms with Crippen LogP contribution in [0.4, 0.5) is 0 Å². The van der Waals surface area contributed by atoms with E-state index >= 15 is 0 Å². The third-order valence-corrected chi connectivity index (χ3v) is 4.43. The molecule has 0 saturated carbocycles. The van der Waals surface area contributed by atoms with Crippen molar-refractivity contribution in [1.29, 1.82) is 0 Å². The Labute approximate surface area is 137 Å². The molecule has 2 aromatic rings. The van der Waals surface area contributed by atoms with Gasteiger partial charge in [-0.1, -0.05) is 58.6 Å². The van der Waals surface area contributed by atoms with E-state index in [0.717, 1.165) is 5.56 Å². The van der Waals surface area contributed by atoms with Crippen LogP contribution < -0.4 is 5.32 Å². The van der Waals surface area contributed by atoms with Crippen molar-refractivity contribution in [3.63, 3.8) is 0 Å². The van der Waals surface area contributed by atoms with Crippen LogP contribution in [0.2, 0.25) is 10.0 Å². The third-order valence-electron chi connectivity index (χ3n) is 3.69. The van der Waals surface area contributed by atoms with Crippen LogP contribution >= 0.6 is 23.2 Å². The van der Waals surface area contributed by atoms with Gasteiger partial charge in [0.15, 0.2) is 0 Å². The predicted octanol–water partition coefficient (Wildman–Crippen LogP) is 6.02. The highest BCUT2D eigenvalue weighted by Gasteiger charge is 2.13. The molecule has 0 heterocycles. The molecule has 0 bridgehead atoms. The molecule has 1 nitrogen and oxygen atoms in total. The normalized spacial score (nSPS) is 14.0. The number of benzene rings is 2. The Morgan fingerprint density at radius 1 is 0.762 bits per heavy atom. The lowest BCUT2D eigenvalue weighted by Gasteiger charge is -2.22. The molecule has 0 aromatic heterocycles. The van der Waals surface area contributed by atoms with Crippen molar-refractivity contribution in [3.05, 3.63) is 68.7 Å². The van der Waals surface area contributed by atoms with E-state index in [1.54, 1.807) is 0 Å². The predicted molar refractivity (Wildman–Crippen MR) is 92.3 cm³/mol. The summed E-state index contributed by atoms with van der Waals surface area (Å²) < 4.78 is 0. The first-order valence-corrected chi connectivity index (χ1v) is 7.91. The van der Waals surface area contributed by atoms with Crippen molar-refractivity contribution in [1.82, 2.24) is 5.32 Å².